The van der Waals surface area contributed by atoms with Gasteiger partial charge in [-0.05, 0) is 61.3 Å². The predicted molar refractivity (Wildman–Crippen MR) is 110 cm³/mol. The van der Waals surface area contributed by atoms with Crippen molar-refractivity contribution in [2.24, 2.45) is 11.0 Å². The largest absolute Gasteiger partial charge is 0.497 e. The molecular weight excluding hydrogens is 372 g/mol. The van der Waals surface area contributed by atoms with Gasteiger partial charge in [0.2, 0.25) is 5.91 Å². The first kappa shape index (κ1) is 20.5. The number of nitrogens with zero attached hydrogens (tertiary/aromatic N) is 3. The monoisotopic (exact) mass is 396 g/mol. The lowest BCUT2D eigenvalue weighted by atomic mass is 9.96. The number of piperidine rings is 1. The summed E-state index contributed by atoms with van der Waals surface area (Å²) in [6.07, 6.45) is 3.13. The maximum Gasteiger partial charge on any atom is 0.269 e. The van der Waals surface area contributed by atoms with Gasteiger partial charge in [0.25, 0.3) is 5.69 Å². The fourth-order valence-electron chi connectivity index (χ4n) is 3.29. The molecule has 2 aromatic rings. The Bertz CT molecular complexity index is 857. The molecule has 0 atom stereocenters. The molecular formula is C21H24N4O4. The maximum atomic E-state index is 12.3. The zero-order valence-electron chi connectivity index (χ0n) is 16.3. The average molecular weight is 396 g/mol. The molecule has 0 radical (unpaired) electrons. The number of rotatable bonds is 7. The van der Waals surface area contributed by atoms with Crippen molar-refractivity contribution in [3.05, 3.63) is 69.8 Å². The van der Waals surface area contributed by atoms with E-state index in [-0.39, 0.29) is 17.5 Å². The maximum absolute atomic E-state index is 12.3. The second-order valence-electron chi connectivity index (χ2n) is 6.98. The van der Waals surface area contributed by atoms with Crippen LogP contribution in [-0.2, 0) is 11.3 Å². The normalized spacial score (nSPS) is 15.3. The van der Waals surface area contributed by atoms with E-state index < -0.39 is 4.92 Å². The van der Waals surface area contributed by atoms with E-state index in [2.05, 4.69) is 15.4 Å². The molecule has 1 aliphatic heterocycles. The SMILES string of the molecule is COc1ccc(/C=N\NC(=O)C2CCN(Cc3ccc([N+](=O)[O-])cc3)CC2)cc1. The van der Waals surface area contributed by atoms with Crippen molar-refractivity contribution in [3.63, 3.8) is 0 Å². The summed E-state index contributed by atoms with van der Waals surface area (Å²) in [6, 6.07) is 14.0. The minimum atomic E-state index is -0.398. The number of carbonyl (C=O) groups is 1. The molecule has 0 saturated carbocycles. The van der Waals surface area contributed by atoms with Crippen LogP contribution in [0.3, 0.4) is 0 Å². The van der Waals surface area contributed by atoms with Gasteiger partial charge in [0.15, 0.2) is 0 Å². The van der Waals surface area contributed by atoms with Crippen LogP contribution in [0.2, 0.25) is 0 Å². The lowest BCUT2D eigenvalue weighted by Gasteiger charge is -2.30. The Labute approximate surface area is 169 Å². The molecule has 29 heavy (non-hydrogen) atoms. The third-order valence-corrected chi connectivity index (χ3v) is 5.02. The van der Waals surface area contributed by atoms with Crippen LogP contribution in [0.5, 0.6) is 5.75 Å². The number of non-ortho nitro benzene ring substituents is 1. The molecule has 8 nitrogen and oxygen atoms in total. The van der Waals surface area contributed by atoms with E-state index in [0.717, 1.165) is 49.4 Å². The van der Waals surface area contributed by atoms with Crippen LogP contribution < -0.4 is 10.2 Å². The Kier molecular flexibility index (Phi) is 6.91. The van der Waals surface area contributed by atoms with Crippen molar-refractivity contribution >= 4 is 17.8 Å². The molecule has 1 aliphatic rings. The van der Waals surface area contributed by atoms with E-state index in [4.69, 9.17) is 4.74 Å². The minimum absolute atomic E-state index is 0.0591. The summed E-state index contributed by atoms with van der Waals surface area (Å²) in [5.41, 5.74) is 4.63. The van der Waals surface area contributed by atoms with Crippen LogP contribution >= 0.6 is 0 Å². The molecule has 8 heteroatoms. The van der Waals surface area contributed by atoms with Crippen LogP contribution in [0.25, 0.3) is 0 Å². The Morgan fingerprint density at radius 3 is 2.45 bits per heavy atom. The third kappa shape index (κ3) is 5.86. The number of amides is 1. The van der Waals surface area contributed by atoms with Gasteiger partial charge in [0.1, 0.15) is 5.75 Å². The molecule has 1 N–H and O–H groups in total. The molecule has 0 aliphatic carbocycles. The molecule has 1 amide bonds. The number of likely N-dealkylation sites (tertiary alicyclic amines) is 1. The van der Waals surface area contributed by atoms with Gasteiger partial charge in [-0.3, -0.25) is 19.8 Å². The van der Waals surface area contributed by atoms with Gasteiger partial charge in [0, 0.05) is 24.6 Å². The molecule has 0 bridgehead atoms. The quantitative estimate of drug-likeness (QED) is 0.441. The molecule has 0 spiro atoms. The number of nitro groups is 1. The number of carbonyl (C=O) groups excluding carboxylic acids is 1. The van der Waals surface area contributed by atoms with Gasteiger partial charge in [-0.15, -0.1) is 0 Å². The first-order chi connectivity index (χ1) is 14.0. The molecule has 2 aromatic carbocycles. The van der Waals surface area contributed by atoms with E-state index in [1.807, 2.05) is 24.3 Å². The van der Waals surface area contributed by atoms with Crippen LogP contribution in [0.1, 0.15) is 24.0 Å². The number of hydrogen-bond donors (Lipinski definition) is 1. The van der Waals surface area contributed by atoms with Gasteiger partial charge < -0.3 is 4.74 Å². The van der Waals surface area contributed by atoms with Gasteiger partial charge in [-0.1, -0.05) is 12.1 Å². The average Bonchev–Trinajstić information content (AvgIpc) is 2.75. The first-order valence-corrected chi connectivity index (χ1v) is 9.48. The first-order valence-electron chi connectivity index (χ1n) is 9.48. The van der Waals surface area contributed by atoms with E-state index in [0.29, 0.717) is 0 Å². The van der Waals surface area contributed by atoms with Gasteiger partial charge in [0.05, 0.1) is 18.2 Å². The van der Waals surface area contributed by atoms with Crippen LogP contribution in [0.4, 0.5) is 5.69 Å². The van der Waals surface area contributed by atoms with Crippen LogP contribution in [0.15, 0.2) is 53.6 Å². The summed E-state index contributed by atoms with van der Waals surface area (Å²) in [5, 5.41) is 14.8. The number of hydrazone groups is 1. The Morgan fingerprint density at radius 1 is 1.21 bits per heavy atom. The molecule has 1 fully saturated rings. The lowest BCUT2D eigenvalue weighted by molar-refractivity contribution is -0.384. The highest BCUT2D eigenvalue weighted by molar-refractivity contribution is 5.83. The number of ether oxygens (including phenoxy) is 1. The zero-order valence-corrected chi connectivity index (χ0v) is 16.3. The standard InChI is InChI=1S/C21H24N4O4/c1-29-20-8-4-16(5-9-20)14-22-23-21(26)18-10-12-24(13-11-18)15-17-2-6-19(7-3-17)25(27)28/h2-9,14,18H,10-13,15H2,1H3,(H,23,26)/b22-14-. The number of nitrogens with one attached hydrogen (secondary N) is 1. The minimum Gasteiger partial charge on any atom is -0.497 e. The summed E-state index contributed by atoms with van der Waals surface area (Å²) < 4.78 is 5.11. The van der Waals surface area contributed by atoms with Crippen molar-refractivity contribution in [2.75, 3.05) is 20.2 Å². The fourth-order valence-corrected chi connectivity index (χ4v) is 3.29. The van der Waals surface area contributed by atoms with Gasteiger partial charge >= 0.3 is 0 Å². The van der Waals surface area contributed by atoms with Crippen molar-refractivity contribution in [1.29, 1.82) is 0 Å². The Balaban J connectivity index is 1.42. The van der Waals surface area contributed by atoms with Crippen molar-refractivity contribution in [2.45, 2.75) is 19.4 Å². The van der Waals surface area contributed by atoms with Crippen molar-refractivity contribution in [1.82, 2.24) is 10.3 Å². The van der Waals surface area contributed by atoms with Crippen LogP contribution in [-0.4, -0.2) is 42.1 Å². The van der Waals surface area contributed by atoms with E-state index in [1.54, 1.807) is 25.5 Å². The second kappa shape index (κ2) is 9.79. The summed E-state index contributed by atoms with van der Waals surface area (Å²) >= 11 is 0. The Morgan fingerprint density at radius 2 is 1.86 bits per heavy atom. The van der Waals surface area contributed by atoms with Gasteiger partial charge in [-0.25, -0.2) is 5.43 Å². The highest BCUT2D eigenvalue weighted by atomic mass is 16.6. The topological polar surface area (TPSA) is 97.1 Å². The summed E-state index contributed by atoms with van der Waals surface area (Å²) in [7, 11) is 1.61. The van der Waals surface area contributed by atoms with E-state index in [1.165, 1.54) is 12.1 Å². The summed E-state index contributed by atoms with van der Waals surface area (Å²) in [4.78, 5) is 24.9. The number of methoxy groups -OCH3 is 1. The van der Waals surface area contributed by atoms with Crippen molar-refractivity contribution in [3.8, 4) is 5.75 Å². The van der Waals surface area contributed by atoms with E-state index >= 15 is 0 Å². The molecule has 0 unspecified atom stereocenters. The Hall–Kier alpha value is -3.26. The number of hydrogen-bond acceptors (Lipinski definition) is 6. The molecule has 1 heterocycles. The zero-order chi connectivity index (χ0) is 20.6. The third-order valence-electron chi connectivity index (χ3n) is 5.02. The fraction of sp³-hybridized carbons (Fsp3) is 0.333. The van der Waals surface area contributed by atoms with Gasteiger partial charge in [-0.2, -0.15) is 5.10 Å². The lowest BCUT2D eigenvalue weighted by Crippen LogP contribution is -2.39. The smallest absolute Gasteiger partial charge is 0.269 e. The highest BCUT2D eigenvalue weighted by Gasteiger charge is 2.24. The molecule has 152 valence electrons. The number of benzene rings is 2. The summed E-state index contributed by atoms with van der Waals surface area (Å²) in [5.74, 6) is 0.646. The molecule has 0 aromatic heterocycles. The van der Waals surface area contributed by atoms with Crippen molar-refractivity contribution < 1.29 is 14.5 Å². The second-order valence-corrected chi connectivity index (χ2v) is 6.98. The summed E-state index contributed by atoms with van der Waals surface area (Å²) in [6.45, 7) is 2.33. The number of nitro benzene ring substituents is 1. The van der Waals surface area contributed by atoms with E-state index in [9.17, 15) is 14.9 Å². The molecule has 3 rings (SSSR count). The highest BCUT2D eigenvalue weighted by Crippen LogP contribution is 2.20. The molecule has 1 saturated heterocycles. The van der Waals surface area contributed by atoms with Crippen LogP contribution in [0, 0.1) is 16.0 Å². The predicted octanol–water partition coefficient (Wildman–Crippen LogP) is 2.97.